The van der Waals surface area contributed by atoms with Crippen molar-refractivity contribution in [1.29, 1.82) is 0 Å². The quantitative estimate of drug-likeness (QED) is 0.824. The molecule has 0 aromatic carbocycles. The fourth-order valence-corrected chi connectivity index (χ4v) is 2.73. The van der Waals surface area contributed by atoms with Crippen molar-refractivity contribution < 1.29 is 9.59 Å². The number of amides is 2. The first-order valence-corrected chi connectivity index (χ1v) is 7.34. The summed E-state index contributed by atoms with van der Waals surface area (Å²) >= 11 is 0. The molecular formula is C14H23N5O2. The van der Waals surface area contributed by atoms with Crippen molar-refractivity contribution in [2.24, 2.45) is 5.73 Å². The van der Waals surface area contributed by atoms with Gasteiger partial charge in [0.25, 0.3) is 5.91 Å². The van der Waals surface area contributed by atoms with Crippen LogP contribution in [0.25, 0.3) is 0 Å². The van der Waals surface area contributed by atoms with Crippen LogP contribution < -0.4 is 5.73 Å². The van der Waals surface area contributed by atoms with Crippen LogP contribution in [0.15, 0.2) is 6.20 Å². The minimum absolute atomic E-state index is 0.0374. The molecule has 2 rings (SSSR count). The smallest absolute Gasteiger partial charge is 0.290 e. The third-order valence-corrected chi connectivity index (χ3v) is 3.86. The number of hydrogen-bond acceptors (Lipinski definition) is 4. The molecule has 0 radical (unpaired) electrons. The first-order chi connectivity index (χ1) is 9.97. The lowest BCUT2D eigenvalue weighted by Gasteiger charge is -2.28. The van der Waals surface area contributed by atoms with Crippen LogP contribution in [0.4, 0.5) is 0 Å². The van der Waals surface area contributed by atoms with Crippen molar-refractivity contribution in [2.75, 3.05) is 19.6 Å². The van der Waals surface area contributed by atoms with E-state index < -0.39 is 6.04 Å². The number of nitrogens with two attached hydrogens (primary N) is 1. The Kier molecular flexibility index (Phi) is 4.62. The van der Waals surface area contributed by atoms with Gasteiger partial charge in [0.2, 0.25) is 5.91 Å². The van der Waals surface area contributed by atoms with E-state index in [1.165, 1.54) is 0 Å². The molecule has 3 N–H and O–H groups in total. The molecular weight excluding hydrogens is 270 g/mol. The zero-order valence-corrected chi connectivity index (χ0v) is 12.8. The standard InChI is InChI=1S/C14H23N5O2/c1-4-18(5-2)13(20)11-6-10(15)8-19(11)14(21)12-16-7-9(3)17-12/h7,10-11H,4-6,8,15H2,1-3H3,(H,16,17)/t10-,11+/m1/s1. The Bertz CT molecular complexity index is 523. The van der Waals surface area contributed by atoms with Gasteiger partial charge >= 0.3 is 0 Å². The number of hydrogen-bond donors (Lipinski definition) is 2. The molecule has 1 aromatic heterocycles. The molecule has 116 valence electrons. The predicted molar refractivity (Wildman–Crippen MR) is 78.7 cm³/mol. The summed E-state index contributed by atoms with van der Waals surface area (Å²) in [5, 5.41) is 0. The van der Waals surface area contributed by atoms with Crippen LogP contribution in [-0.4, -0.2) is 63.3 Å². The van der Waals surface area contributed by atoms with Gasteiger partial charge in [0.1, 0.15) is 6.04 Å². The normalized spacial score (nSPS) is 21.6. The number of nitrogens with one attached hydrogen (secondary N) is 1. The summed E-state index contributed by atoms with van der Waals surface area (Å²) in [7, 11) is 0. The molecule has 7 heteroatoms. The number of carbonyl (C=O) groups is 2. The highest BCUT2D eigenvalue weighted by atomic mass is 16.2. The van der Waals surface area contributed by atoms with E-state index in [1.807, 2.05) is 20.8 Å². The molecule has 2 atom stereocenters. The van der Waals surface area contributed by atoms with Crippen molar-refractivity contribution in [1.82, 2.24) is 19.8 Å². The van der Waals surface area contributed by atoms with Crippen LogP contribution >= 0.6 is 0 Å². The lowest BCUT2D eigenvalue weighted by molar-refractivity contribution is -0.134. The predicted octanol–water partition coefficient (Wildman–Crippen LogP) is 0.128. The highest BCUT2D eigenvalue weighted by Gasteiger charge is 2.40. The molecule has 2 amide bonds. The third kappa shape index (κ3) is 3.07. The SMILES string of the molecule is CCN(CC)C(=O)[C@@H]1C[C@@H](N)CN1C(=O)c1ncc(C)[nH]1. The van der Waals surface area contributed by atoms with Crippen molar-refractivity contribution in [3.63, 3.8) is 0 Å². The molecule has 0 aliphatic carbocycles. The number of rotatable bonds is 4. The van der Waals surface area contributed by atoms with Gasteiger partial charge in [-0.2, -0.15) is 0 Å². The van der Waals surface area contributed by atoms with Gasteiger partial charge in [-0.25, -0.2) is 4.98 Å². The van der Waals surface area contributed by atoms with Crippen molar-refractivity contribution >= 4 is 11.8 Å². The van der Waals surface area contributed by atoms with Crippen molar-refractivity contribution in [3.05, 3.63) is 17.7 Å². The molecule has 0 bridgehead atoms. The largest absolute Gasteiger partial charge is 0.341 e. The van der Waals surface area contributed by atoms with Gasteiger partial charge < -0.3 is 20.5 Å². The van der Waals surface area contributed by atoms with Crippen LogP contribution in [0.5, 0.6) is 0 Å². The second-order valence-corrected chi connectivity index (χ2v) is 5.39. The Morgan fingerprint density at radius 1 is 1.48 bits per heavy atom. The Balaban J connectivity index is 2.20. The maximum absolute atomic E-state index is 12.6. The van der Waals surface area contributed by atoms with Gasteiger partial charge in [-0.15, -0.1) is 0 Å². The van der Waals surface area contributed by atoms with Gasteiger partial charge in [-0.3, -0.25) is 9.59 Å². The summed E-state index contributed by atoms with van der Waals surface area (Å²) in [6, 6.07) is -0.660. The number of aryl methyl sites for hydroxylation is 1. The van der Waals surface area contributed by atoms with E-state index in [4.69, 9.17) is 5.73 Å². The highest BCUT2D eigenvalue weighted by Crippen LogP contribution is 2.21. The molecule has 1 saturated heterocycles. The summed E-state index contributed by atoms with van der Waals surface area (Å²) in [6.07, 6.45) is 2.10. The minimum atomic E-state index is -0.488. The summed E-state index contributed by atoms with van der Waals surface area (Å²) < 4.78 is 0. The van der Waals surface area contributed by atoms with Crippen LogP contribution in [0, 0.1) is 6.92 Å². The third-order valence-electron chi connectivity index (χ3n) is 3.86. The van der Waals surface area contributed by atoms with E-state index >= 15 is 0 Å². The second kappa shape index (κ2) is 6.26. The maximum Gasteiger partial charge on any atom is 0.290 e. The molecule has 0 spiro atoms. The number of nitrogens with zero attached hydrogens (tertiary/aromatic N) is 3. The summed E-state index contributed by atoms with van der Waals surface area (Å²) in [5.74, 6) is -0.0370. The van der Waals surface area contributed by atoms with E-state index in [9.17, 15) is 9.59 Å². The number of likely N-dealkylation sites (tertiary alicyclic amines) is 1. The van der Waals surface area contributed by atoms with Crippen LogP contribution in [0.3, 0.4) is 0 Å². The van der Waals surface area contributed by atoms with Crippen LogP contribution in [-0.2, 0) is 4.79 Å². The van der Waals surface area contributed by atoms with Gasteiger partial charge in [-0.1, -0.05) is 0 Å². The Hall–Kier alpha value is -1.89. The van der Waals surface area contributed by atoms with Crippen LogP contribution in [0.1, 0.15) is 36.6 Å². The number of aromatic amines is 1. The van der Waals surface area contributed by atoms with E-state index in [0.717, 1.165) is 5.69 Å². The topological polar surface area (TPSA) is 95.3 Å². The van der Waals surface area contributed by atoms with E-state index in [0.29, 0.717) is 26.1 Å². The molecule has 21 heavy (non-hydrogen) atoms. The lowest BCUT2D eigenvalue weighted by Crippen LogP contribution is -2.48. The molecule has 7 nitrogen and oxygen atoms in total. The first-order valence-electron chi connectivity index (χ1n) is 7.34. The first kappa shape index (κ1) is 15.5. The maximum atomic E-state index is 12.6. The number of aromatic nitrogens is 2. The molecule has 1 fully saturated rings. The second-order valence-electron chi connectivity index (χ2n) is 5.39. The monoisotopic (exact) mass is 293 g/mol. The zero-order valence-electron chi connectivity index (χ0n) is 12.8. The average Bonchev–Trinajstić information content (AvgIpc) is 3.05. The van der Waals surface area contributed by atoms with Gasteiger partial charge in [0, 0.05) is 37.6 Å². The molecule has 1 aliphatic rings. The van der Waals surface area contributed by atoms with Gasteiger partial charge in [0.05, 0.1) is 0 Å². The molecule has 2 heterocycles. The van der Waals surface area contributed by atoms with E-state index in [1.54, 1.807) is 16.0 Å². The average molecular weight is 293 g/mol. The summed E-state index contributed by atoms with van der Waals surface area (Å²) in [5.41, 5.74) is 6.78. The van der Waals surface area contributed by atoms with Gasteiger partial charge in [-0.05, 0) is 27.2 Å². The van der Waals surface area contributed by atoms with Crippen molar-refractivity contribution in [2.45, 2.75) is 39.3 Å². The highest BCUT2D eigenvalue weighted by molar-refractivity contribution is 5.95. The van der Waals surface area contributed by atoms with E-state index in [-0.39, 0.29) is 23.7 Å². The molecule has 1 aliphatic heterocycles. The number of likely N-dealkylation sites (N-methyl/N-ethyl adjacent to an activating group) is 1. The molecule has 0 unspecified atom stereocenters. The summed E-state index contributed by atoms with van der Waals surface area (Å²) in [6.45, 7) is 7.33. The van der Waals surface area contributed by atoms with Gasteiger partial charge in [0.15, 0.2) is 5.82 Å². The number of carbonyl (C=O) groups excluding carboxylic acids is 2. The molecule has 1 aromatic rings. The zero-order chi connectivity index (χ0) is 15.6. The lowest BCUT2D eigenvalue weighted by atomic mass is 10.1. The van der Waals surface area contributed by atoms with Crippen molar-refractivity contribution in [3.8, 4) is 0 Å². The minimum Gasteiger partial charge on any atom is -0.341 e. The van der Waals surface area contributed by atoms with Crippen LogP contribution in [0.2, 0.25) is 0 Å². The molecule has 0 saturated carbocycles. The number of H-pyrrole nitrogens is 1. The fourth-order valence-electron chi connectivity index (χ4n) is 2.73. The Morgan fingerprint density at radius 2 is 2.14 bits per heavy atom. The number of imidazole rings is 1. The van der Waals surface area contributed by atoms with E-state index in [2.05, 4.69) is 9.97 Å². The summed E-state index contributed by atoms with van der Waals surface area (Å²) in [4.78, 5) is 35.3. The Labute approximate surface area is 124 Å². The Morgan fingerprint density at radius 3 is 2.67 bits per heavy atom. The fraction of sp³-hybridized carbons (Fsp3) is 0.643.